The number of nitrogens with one attached hydrogen (secondary N) is 1. The molecule has 4 rings (SSSR count). The van der Waals surface area contributed by atoms with Crippen LogP contribution in [-0.4, -0.2) is 40.5 Å². The third kappa shape index (κ3) is 4.41. The highest BCUT2D eigenvalue weighted by Gasteiger charge is 2.16. The van der Waals surface area contributed by atoms with E-state index >= 15 is 0 Å². The zero-order chi connectivity index (χ0) is 20.2. The van der Waals surface area contributed by atoms with Crippen molar-refractivity contribution >= 4 is 27.4 Å². The highest BCUT2D eigenvalue weighted by molar-refractivity contribution is 7.17. The van der Waals surface area contributed by atoms with Crippen LogP contribution < -0.4 is 5.32 Å². The van der Waals surface area contributed by atoms with E-state index in [1.54, 1.807) is 23.6 Å². The molecule has 7 heteroatoms. The lowest BCUT2D eigenvalue weighted by molar-refractivity contribution is 0.391. The van der Waals surface area contributed by atoms with Crippen LogP contribution in [0.25, 0.3) is 21.3 Å². The van der Waals surface area contributed by atoms with E-state index < -0.39 is 0 Å². The molecule has 3 aromatic heterocycles. The van der Waals surface area contributed by atoms with Crippen molar-refractivity contribution in [1.82, 2.24) is 19.9 Å². The molecule has 0 saturated carbocycles. The maximum absolute atomic E-state index is 13.9. The Morgan fingerprint density at radius 2 is 1.90 bits per heavy atom. The number of hydrogen-bond donors (Lipinski definition) is 1. The van der Waals surface area contributed by atoms with Crippen molar-refractivity contribution in [3.8, 4) is 11.1 Å². The van der Waals surface area contributed by atoms with Crippen LogP contribution in [0.5, 0.6) is 0 Å². The molecule has 0 amide bonds. The SMILES string of the molecule is CN(C)Cc1nc(NCCc2ncccc2F)c2c(-c3ccccc3)csc2n1. The van der Waals surface area contributed by atoms with Crippen LogP contribution in [0.4, 0.5) is 10.2 Å². The van der Waals surface area contributed by atoms with E-state index in [-0.39, 0.29) is 5.82 Å². The first-order chi connectivity index (χ1) is 14.1. The fourth-order valence-corrected chi connectivity index (χ4v) is 4.17. The molecule has 0 spiro atoms. The Morgan fingerprint density at radius 1 is 1.07 bits per heavy atom. The van der Waals surface area contributed by atoms with Crippen LogP contribution in [0.2, 0.25) is 0 Å². The first-order valence-corrected chi connectivity index (χ1v) is 10.3. The van der Waals surface area contributed by atoms with E-state index in [1.807, 2.05) is 37.2 Å². The molecule has 0 unspecified atom stereocenters. The van der Waals surface area contributed by atoms with Gasteiger partial charge >= 0.3 is 0 Å². The molecule has 0 aliphatic heterocycles. The summed E-state index contributed by atoms with van der Waals surface area (Å²) in [6, 6.07) is 13.3. The van der Waals surface area contributed by atoms with Crippen molar-refractivity contribution < 1.29 is 4.39 Å². The van der Waals surface area contributed by atoms with Crippen LogP contribution in [0, 0.1) is 5.82 Å². The van der Waals surface area contributed by atoms with Gasteiger partial charge in [0.05, 0.1) is 17.6 Å². The quantitative estimate of drug-likeness (QED) is 0.485. The topological polar surface area (TPSA) is 53.9 Å². The van der Waals surface area contributed by atoms with Gasteiger partial charge < -0.3 is 10.2 Å². The maximum atomic E-state index is 13.9. The van der Waals surface area contributed by atoms with E-state index in [1.165, 1.54) is 6.07 Å². The maximum Gasteiger partial charge on any atom is 0.146 e. The van der Waals surface area contributed by atoms with E-state index in [2.05, 4.69) is 27.8 Å². The summed E-state index contributed by atoms with van der Waals surface area (Å²) in [5.41, 5.74) is 2.68. The second-order valence-electron chi connectivity index (χ2n) is 7.03. The normalized spacial score (nSPS) is 11.3. The van der Waals surface area contributed by atoms with Gasteiger partial charge in [0.15, 0.2) is 0 Å². The molecule has 1 aromatic carbocycles. The van der Waals surface area contributed by atoms with Gasteiger partial charge in [-0.25, -0.2) is 14.4 Å². The van der Waals surface area contributed by atoms with Crippen molar-refractivity contribution in [3.05, 3.63) is 71.4 Å². The van der Waals surface area contributed by atoms with Crippen molar-refractivity contribution in [2.75, 3.05) is 26.0 Å². The molecular formula is C22H22FN5S. The second-order valence-corrected chi connectivity index (χ2v) is 7.89. The van der Waals surface area contributed by atoms with Crippen LogP contribution >= 0.6 is 11.3 Å². The Hall–Kier alpha value is -2.90. The minimum absolute atomic E-state index is 0.282. The van der Waals surface area contributed by atoms with E-state index in [4.69, 9.17) is 9.97 Å². The number of hydrogen-bond acceptors (Lipinski definition) is 6. The molecule has 0 atom stereocenters. The van der Waals surface area contributed by atoms with Gasteiger partial charge in [0.2, 0.25) is 0 Å². The Labute approximate surface area is 173 Å². The Bertz CT molecular complexity index is 1110. The lowest BCUT2D eigenvalue weighted by Crippen LogP contribution is -2.15. The van der Waals surface area contributed by atoms with Gasteiger partial charge in [-0.05, 0) is 31.8 Å². The predicted octanol–water partition coefficient (Wildman–Crippen LogP) is 4.61. The Morgan fingerprint density at radius 3 is 2.66 bits per heavy atom. The summed E-state index contributed by atoms with van der Waals surface area (Å²) < 4.78 is 13.9. The van der Waals surface area contributed by atoms with Gasteiger partial charge in [-0.3, -0.25) is 4.98 Å². The summed E-state index contributed by atoms with van der Waals surface area (Å²) >= 11 is 1.61. The highest BCUT2D eigenvalue weighted by atomic mass is 32.1. The zero-order valence-electron chi connectivity index (χ0n) is 16.4. The van der Waals surface area contributed by atoms with Gasteiger partial charge in [0, 0.05) is 30.1 Å². The van der Waals surface area contributed by atoms with Gasteiger partial charge in [-0.1, -0.05) is 30.3 Å². The van der Waals surface area contributed by atoms with Gasteiger partial charge in [0.1, 0.15) is 22.3 Å². The molecule has 0 radical (unpaired) electrons. The largest absolute Gasteiger partial charge is 0.369 e. The third-order valence-corrected chi connectivity index (χ3v) is 5.38. The number of halogens is 1. The molecule has 3 heterocycles. The van der Waals surface area contributed by atoms with Gasteiger partial charge in [0.25, 0.3) is 0 Å². The van der Waals surface area contributed by atoms with E-state index in [0.29, 0.717) is 25.2 Å². The number of benzene rings is 1. The molecule has 0 aliphatic carbocycles. The number of nitrogens with zero attached hydrogens (tertiary/aromatic N) is 4. The van der Waals surface area contributed by atoms with Crippen molar-refractivity contribution in [2.24, 2.45) is 0 Å². The van der Waals surface area contributed by atoms with E-state index in [9.17, 15) is 4.39 Å². The van der Waals surface area contributed by atoms with Crippen LogP contribution in [-0.2, 0) is 13.0 Å². The first-order valence-electron chi connectivity index (χ1n) is 9.43. The summed E-state index contributed by atoms with van der Waals surface area (Å²) in [5.74, 6) is 1.26. The molecule has 0 fully saturated rings. The molecule has 148 valence electrons. The summed E-state index contributed by atoms with van der Waals surface area (Å²) in [5, 5.41) is 6.53. The predicted molar refractivity (Wildman–Crippen MR) is 117 cm³/mol. The minimum Gasteiger partial charge on any atom is -0.369 e. The number of fused-ring (bicyclic) bond motifs is 1. The Balaban J connectivity index is 1.69. The summed E-state index contributed by atoms with van der Waals surface area (Å²) in [6.45, 7) is 1.18. The fraction of sp³-hybridized carbons (Fsp3) is 0.227. The van der Waals surface area contributed by atoms with Crippen LogP contribution in [0.1, 0.15) is 11.5 Å². The molecule has 4 aromatic rings. The van der Waals surface area contributed by atoms with Crippen molar-refractivity contribution in [3.63, 3.8) is 0 Å². The summed E-state index contributed by atoms with van der Waals surface area (Å²) in [4.78, 5) is 16.7. The molecule has 0 bridgehead atoms. The van der Waals surface area contributed by atoms with E-state index in [0.717, 1.165) is 33.0 Å². The minimum atomic E-state index is -0.282. The van der Waals surface area contributed by atoms with Crippen molar-refractivity contribution in [2.45, 2.75) is 13.0 Å². The van der Waals surface area contributed by atoms with Gasteiger partial charge in [-0.15, -0.1) is 11.3 Å². The molecule has 29 heavy (non-hydrogen) atoms. The second kappa shape index (κ2) is 8.63. The highest BCUT2D eigenvalue weighted by Crippen LogP contribution is 2.37. The zero-order valence-corrected chi connectivity index (χ0v) is 17.2. The standard InChI is InChI=1S/C22H22FN5S/c1-28(2)13-19-26-21(25-12-10-18-17(23)9-6-11-24-18)20-16(14-29-22(20)27-19)15-7-4-3-5-8-15/h3-9,11,14H,10,12-13H2,1-2H3,(H,25,26,27). The molecule has 1 N–H and O–H groups in total. The van der Waals surface area contributed by atoms with Crippen LogP contribution in [0.15, 0.2) is 54.0 Å². The number of rotatable bonds is 7. The lowest BCUT2D eigenvalue weighted by Gasteiger charge is -2.13. The molecule has 0 saturated heterocycles. The third-order valence-electron chi connectivity index (χ3n) is 4.51. The number of anilines is 1. The molecule has 0 aliphatic rings. The lowest BCUT2D eigenvalue weighted by atomic mass is 10.1. The average molecular weight is 408 g/mol. The van der Waals surface area contributed by atoms with Crippen molar-refractivity contribution in [1.29, 1.82) is 0 Å². The first kappa shape index (κ1) is 19.4. The number of thiophene rings is 1. The Kier molecular flexibility index (Phi) is 5.78. The summed E-state index contributed by atoms with van der Waals surface area (Å²) in [6.07, 6.45) is 2.09. The number of pyridine rings is 1. The monoisotopic (exact) mass is 407 g/mol. The molecule has 5 nitrogen and oxygen atoms in total. The molecular weight excluding hydrogens is 385 g/mol. The average Bonchev–Trinajstić information content (AvgIpc) is 3.14. The summed E-state index contributed by atoms with van der Waals surface area (Å²) in [7, 11) is 3.99. The fourth-order valence-electron chi connectivity index (χ4n) is 3.20. The van der Waals surface area contributed by atoms with Gasteiger partial charge in [-0.2, -0.15) is 0 Å². The smallest absolute Gasteiger partial charge is 0.146 e. The number of aromatic nitrogens is 3. The van der Waals surface area contributed by atoms with Crippen LogP contribution in [0.3, 0.4) is 0 Å².